The van der Waals surface area contributed by atoms with E-state index in [1.165, 1.54) is 10.5 Å². The quantitative estimate of drug-likeness (QED) is 0.265. The molecule has 2 heterocycles. The van der Waals surface area contributed by atoms with E-state index in [4.69, 9.17) is 21.1 Å². The molecule has 2 amide bonds. The monoisotopic (exact) mass is 570 g/mol. The summed E-state index contributed by atoms with van der Waals surface area (Å²) in [5, 5.41) is 6.16. The zero-order valence-electron chi connectivity index (χ0n) is 22.4. The molecule has 40 heavy (non-hydrogen) atoms. The van der Waals surface area contributed by atoms with Gasteiger partial charge in [-0.3, -0.25) is 9.20 Å². The van der Waals surface area contributed by atoms with E-state index in [1.807, 2.05) is 0 Å². The van der Waals surface area contributed by atoms with Gasteiger partial charge in [0.1, 0.15) is 29.5 Å². The molecule has 0 aliphatic heterocycles. The number of nitrogens with zero attached hydrogens (tertiary/aromatic N) is 2. The molecule has 0 radical (unpaired) electrons. The fourth-order valence-corrected chi connectivity index (χ4v) is 4.16. The van der Waals surface area contributed by atoms with Gasteiger partial charge < -0.3 is 20.1 Å². The van der Waals surface area contributed by atoms with Gasteiger partial charge in [0.2, 0.25) is 0 Å². The lowest BCUT2D eigenvalue weighted by Gasteiger charge is -2.23. The highest BCUT2D eigenvalue weighted by Crippen LogP contribution is 2.25. The van der Waals surface area contributed by atoms with Crippen LogP contribution in [-0.2, 0) is 11.3 Å². The van der Waals surface area contributed by atoms with Crippen LogP contribution in [0.25, 0.3) is 5.65 Å². The number of carbonyl (C=O) groups is 2. The first kappa shape index (κ1) is 28.8. The fraction of sp³-hybridized carbons (Fsp3) is 0.276. The van der Waals surface area contributed by atoms with E-state index in [9.17, 15) is 18.4 Å². The minimum atomic E-state index is -0.722. The maximum Gasteiger partial charge on any atom is 0.407 e. The fourth-order valence-electron chi connectivity index (χ4n) is 4.04. The molecule has 0 aliphatic carbocycles. The first-order valence-electron chi connectivity index (χ1n) is 12.5. The summed E-state index contributed by atoms with van der Waals surface area (Å²) in [6, 6.07) is 13.1. The van der Waals surface area contributed by atoms with E-state index in [0.717, 1.165) is 12.1 Å². The minimum absolute atomic E-state index is 0.0423. The van der Waals surface area contributed by atoms with Crippen molar-refractivity contribution in [2.75, 3.05) is 6.54 Å². The average molecular weight is 571 g/mol. The Hall–Kier alpha value is -4.18. The largest absolute Gasteiger partial charge is 0.485 e. The van der Waals surface area contributed by atoms with E-state index >= 15 is 0 Å². The molecular weight excluding hydrogens is 542 g/mol. The molecule has 0 spiro atoms. The van der Waals surface area contributed by atoms with Gasteiger partial charge in [0.15, 0.2) is 11.4 Å². The highest BCUT2D eigenvalue weighted by atomic mass is 35.5. The molecule has 11 heteroatoms. The summed E-state index contributed by atoms with van der Waals surface area (Å²) < 4.78 is 40.7. The van der Waals surface area contributed by atoms with Gasteiger partial charge in [-0.15, -0.1) is 0 Å². The van der Waals surface area contributed by atoms with Crippen LogP contribution < -0.4 is 15.4 Å². The van der Waals surface area contributed by atoms with Crippen molar-refractivity contribution < 1.29 is 27.8 Å². The van der Waals surface area contributed by atoms with E-state index in [-0.39, 0.29) is 30.2 Å². The van der Waals surface area contributed by atoms with Crippen molar-refractivity contribution in [2.45, 2.75) is 45.9 Å². The minimum Gasteiger partial charge on any atom is -0.485 e. The lowest BCUT2D eigenvalue weighted by molar-refractivity contribution is 0.0519. The number of nitrogens with one attached hydrogen (secondary N) is 2. The van der Waals surface area contributed by atoms with Gasteiger partial charge in [-0.25, -0.2) is 18.6 Å². The van der Waals surface area contributed by atoms with Crippen LogP contribution in [0.3, 0.4) is 0 Å². The van der Waals surface area contributed by atoms with E-state index in [2.05, 4.69) is 15.6 Å². The number of imidazole rings is 1. The lowest BCUT2D eigenvalue weighted by atomic mass is 10.1. The number of pyridine rings is 1. The number of hydrogen-bond donors (Lipinski definition) is 2. The van der Waals surface area contributed by atoms with Gasteiger partial charge in [0.05, 0.1) is 17.3 Å². The molecule has 2 N–H and O–H groups in total. The summed E-state index contributed by atoms with van der Waals surface area (Å²) in [6.07, 6.45) is 1.01. The molecule has 0 saturated carbocycles. The Bertz CT molecular complexity index is 1510. The van der Waals surface area contributed by atoms with Crippen molar-refractivity contribution in [1.29, 1.82) is 0 Å². The molecule has 2 aromatic heterocycles. The second kappa shape index (κ2) is 11.9. The van der Waals surface area contributed by atoms with E-state index in [1.54, 1.807) is 70.3 Å². The summed E-state index contributed by atoms with van der Waals surface area (Å²) in [7, 11) is 0. The van der Waals surface area contributed by atoms with Crippen LogP contribution in [0.1, 0.15) is 54.1 Å². The highest BCUT2D eigenvalue weighted by Gasteiger charge is 2.24. The van der Waals surface area contributed by atoms with E-state index < -0.39 is 35.3 Å². The summed E-state index contributed by atoms with van der Waals surface area (Å²) in [5.74, 6) is -1.67. The number of alkyl carbamates (subject to hydrolysis) is 1. The number of rotatable bonds is 8. The Morgan fingerprint density at radius 3 is 2.38 bits per heavy atom. The predicted molar refractivity (Wildman–Crippen MR) is 147 cm³/mol. The predicted octanol–water partition coefficient (Wildman–Crippen LogP) is 6.15. The zero-order chi connectivity index (χ0) is 29.0. The van der Waals surface area contributed by atoms with Gasteiger partial charge in [-0.05, 0) is 69.7 Å². The SMILES string of the molecule is Cc1nc2c(OCc3c(F)cccc3F)cccn2c1C(=O)NC(CNC(=O)OC(C)(C)C)c1ccc(Cl)cc1. The Balaban J connectivity index is 1.58. The van der Waals surface area contributed by atoms with Crippen LogP contribution in [0.2, 0.25) is 5.02 Å². The van der Waals surface area contributed by atoms with E-state index in [0.29, 0.717) is 21.9 Å². The van der Waals surface area contributed by atoms with Crippen molar-refractivity contribution in [2.24, 2.45) is 0 Å². The topological polar surface area (TPSA) is 94.0 Å². The number of aryl methyl sites for hydroxylation is 1. The van der Waals surface area contributed by atoms with Crippen LogP contribution in [0.15, 0.2) is 60.8 Å². The summed E-state index contributed by atoms with van der Waals surface area (Å²) in [6.45, 7) is 6.61. The maximum atomic E-state index is 14.1. The van der Waals surface area contributed by atoms with Crippen LogP contribution >= 0.6 is 11.6 Å². The third kappa shape index (κ3) is 6.87. The average Bonchev–Trinajstić information content (AvgIpc) is 3.22. The Morgan fingerprint density at radius 1 is 1.05 bits per heavy atom. The molecule has 1 unspecified atom stereocenters. The summed E-state index contributed by atoms with van der Waals surface area (Å²) >= 11 is 6.04. The van der Waals surface area contributed by atoms with Crippen LogP contribution in [0.4, 0.5) is 13.6 Å². The number of benzene rings is 2. The molecule has 2 aromatic carbocycles. The van der Waals surface area contributed by atoms with Gasteiger partial charge in [-0.1, -0.05) is 29.8 Å². The van der Waals surface area contributed by atoms with Crippen LogP contribution in [0, 0.1) is 18.6 Å². The number of amides is 2. The molecule has 4 rings (SSSR count). The Labute approximate surface area is 235 Å². The third-order valence-electron chi connectivity index (χ3n) is 5.86. The number of aromatic nitrogens is 2. The van der Waals surface area contributed by atoms with Gasteiger partial charge in [-0.2, -0.15) is 0 Å². The van der Waals surface area contributed by atoms with Crippen molar-refractivity contribution in [3.8, 4) is 5.75 Å². The molecule has 4 aromatic rings. The Morgan fingerprint density at radius 2 is 1.73 bits per heavy atom. The number of halogens is 3. The smallest absolute Gasteiger partial charge is 0.407 e. The molecule has 0 saturated heterocycles. The number of carbonyl (C=O) groups excluding carboxylic acids is 2. The second-order valence-electron chi connectivity index (χ2n) is 10.1. The Kier molecular flexibility index (Phi) is 8.58. The zero-order valence-corrected chi connectivity index (χ0v) is 23.2. The highest BCUT2D eigenvalue weighted by molar-refractivity contribution is 6.30. The molecular formula is C29H29ClF2N4O4. The third-order valence-corrected chi connectivity index (χ3v) is 6.12. The molecule has 210 valence electrons. The molecule has 1 atom stereocenters. The van der Waals surface area contributed by atoms with Crippen molar-refractivity contribution in [1.82, 2.24) is 20.0 Å². The molecule has 0 aliphatic rings. The van der Waals surface area contributed by atoms with Gasteiger partial charge in [0, 0.05) is 17.8 Å². The number of fused-ring (bicyclic) bond motifs is 1. The van der Waals surface area contributed by atoms with Gasteiger partial charge >= 0.3 is 6.09 Å². The molecule has 8 nitrogen and oxygen atoms in total. The second-order valence-corrected chi connectivity index (χ2v) is 10.5. The first-order valence-corrected chi connectivity index (χ1v) is 12.9. The number of ether oxygens (including phenoxy) is 2. The molecule has 0 fully saturated rings. The maximum absolute atomic E-state index is 14.1. The molecule has 0 bridgehead atoms. The van der Waals surface area contributed by atoms with Crippen molar-refractivity contribution in [3.63, 3.8) is 0 Å². The lowest BCUT2D eigenvalue weighted by Crippen LogP contribution is -2.40. The van der Waals surface area contributed by atoms with Gasteiger partial charge in [0.25, 0.3) is 5.91 Å². The summed E-state index contributed by atoms with van der Waals surface area (Å²) in [5.41, 5.74) is 0.741. The van der Waals surface area contributed by atoms with Crippen molar-refractivity contribution in [3.05, 3.63) is 100.0 Å². The van der Waals surface area contributed by atoms with Crippen LogP contribution in [-0.4, -0.2) is 33.5 Å². The normalized spacial score (nSPS) is 12.2. The number of hydrogen-bond acceptors (Lipinski definition) is 5. The van der Waals surface area contributed by atoms with Crippen molar-refractivity contribution >= 4 is 29.2 Å². The standard InChI is InChI=1S/C29H29ClF2N4O4/c1-17-25(36-14-6-9-24(26(36)34-17)39-16-20-21(31)7-5-8-22(20)32)27(37)35-23(18-10-12-19(30)13-11-18)15-33-28(38)40-29(2,3)4/h5-14,23H,15-16H2,1-4H3,(H,33,38)(H,35,37). The summed E-state index contributed by atoms with van der Waals surface area (Å²) in [4.78, 5) is 30.3. The van der Waals surface area contributed by atoms with Crippen LogP contribution in [0.5, 0.6) is 5.75 Å². The first-order chi connectivity index (χ1) is 18.9.